The number of carbonyl (C=O) groups is 2. The van der Waals surface area contributed by atoms with Crippen LogP contribution in [0.3, 0.4) is 0 Å². The summed E-state index contributed by atoms with van der Waals surface area (Å²) in [6.45, 7) is 0. The molecule has 29 heavy (non-hydrogen) atoms. The highest BCUT2D eigenvalue weighted by atomic mass is 32.2. The lowest BCUT2D eigenvalue weighted by Gasteiger charge is -2.08. The van der Waals surface area contributed by atoms with Crippen molar-refractivity contribution in [1.82, 2.24) is 5.32 Å². The number of rotatable bonds is 7. The van der Waals surface area contributed by atoms with Gasteiger partial charge in [0, 0.05) is 18.2 Å². The van der Waals surface area contributed by atoms with E-state index in [1.807, 2.05) is 24.3 Å². The Kier molecular flexibility index (Phi) is 6.85. The Hall–Kier alpha value is -3.33. The molecule has 3 rings (SSSR count). The predicted molar refractivity (Wildman–Crippen MR) is 114 cm³/mol. The fraction of sp³-hybridized carbons (Fsp3) is 0.200. The maximum Gasteiger partial charge on any atom is 0.240 e. The van der Waals surface area contributed by atoms with Gasteiger partial charge in [0.25, 0.3) is 0 Å². The summed E-state index contributed by atoms with van der Waals surface area (Å²) in [5.74, 6) is 0.852. The van der Waals surface area contributed by atoms with Crippen LogP contribution in [-0.2, 0) is 9.59 Å². The summed E-state index contributed by atoms with van der Waals surface area (Å²) in [6, 6.07) is 14.3. The van der Waals surface area contributed by atoms with Crippen LogP contribution in [0.15, 0.2) is 58.7 Å². The number of anilines is 1. The molecular formula is C20H20N4O4S. The Labute approximate surface area is 172 Å². The second-order valence-electron chi connectivity index (χ2n) is 6.00. The van der Waals surface area contributed by atoms with Gasteiger partial charge >= 0.3 is 0 Å². The average Bonchev–Trinajstić information content (AvgIpc) is 3.07. The topological polar surface area (TPSA) is 101 Å². The van der Waals surface area contributed by atoms with Crippen molar-refractivity contribution < 1.29 is 19.1 Å². The summed E-state index contributed by atoms with van der Waals surface area (Å²) >= 11 is 1.18. The summed E-state index contributed by atoms with van der Waals surface area (Å²) in [6.07, 6.45) is 1.59. The minimum Gasteiger partial charge on any atom is -0.497 e. The Morgan fingerprint density at radius 1 is 1.17 bits per heavy atom. The molecule has 1 saturated heterocycles. The van der Waals surface area contributed by atoms with Gasteiger partial charge in [0.1, 0.15) is 16.7 Å². The molecule has 0 radical (unpaired) electrons. The first kappa shape index (κ1) is 20.4. The van der Waals surface area contributed by atoms with Crippen molar-refractivity contribution in [3.8, 4) is 11.5 Å². The molecule has 0 unspecified atom stereocenters. The van der Waals surface area contributed by atoms with E-state index in [1.165, 1.54) is 11.8 Å². The van der Waals surface area contributed by atoms with E-state index in [2.05, 4.69) is 20.8 Å². The molecule has 9 heteroatoms. The number of thioether (sulfide) groups is 1. The molecule has 1 aliphatic rings. The second kappa shape index (κ2) is 9.74. The maximum absolute atomic E-state index is 12.2. The number of nitrogens with one attached hydrogen (secondary N) is 2. The molecule has 2 aromatic rings. The minimum absolute atomic E-state index is 0.0227. The molecule has 0 spiro atoms. The molecule has 0 bridgehead atoms. The SMILES string of the molecule is COc1ccc(/C=N\N=C2/NC(=O)[C@@H](CC(=O)Nc3cccc(OC)c3)S2)cc1. The Bertz CT molecular complexity index is 944. The third kappa shape index (κ3) is 5.82. The van der Waals surface area contributed by atoms with Crippen molar-refractivity contribution in [2.45, 2.75) is 11.7 Å². The quantitative estimate of drug-likeness (QED) is 0.538. The summed E-state index contributed by atoms with van der Waals surface area (Å²) in [7, 11) is 3.15. The Morgan fingerprint density at radius 2 is 1.93 bits per heavy atom. The lowest BCUT2D eigenvalue weighted by Crippen LogP contribution is -2.28. The van der Waals surface area contributed by atoms with Gasteiger partial charge in [0.2, 0.25) is 11.8 Å². The minimum atomic E-state index is -0.560. The van der Waals surface area contributed by atoms with Crippen LogP contribution < -0.4 is 20.1 Å². The highest BCUT2D eigenvalue weighted by Gasteiger charge is 2.32. The third-order valence-electron chi connectivity index (χ3n) is 3.97. The van der Waals surface area contributed by atoms with E-state index in [0.29, 0.717) is 16.6 Å². The highest BCUT2D eigenvalue weighted by molar-refractivity contribution is 8.15. The average molecular weight is 412 g/mol. The van der Waals surface area contributed by atoms with Crippen LogP contribution in [0, 0.1) is 0 Å². The van der Waals surface area contributed by atoms with Gasteiger partial charge in [-0.2, -0.15) is 5.10 Å². The summed E-state index contributed by atoms with van der Waals surface area (Å²) in [5, 5.41) is 13.2. The third-order valence-corrected chi connectivity index (χ3v) is 5.04. The number of methoxy groups -OCH3 is 2. The van der Waals surface area contributed by atoms with E-state index < -0.39 is 5.25 Å². The maximum atomic E-state index is 12.2. The zero-order valence-corrected chi connectivity index (χ0v) is 16.7. The summed E-state index contributed by atoms with van der Waals surface area (Å²) in [4.78, 5) is 24.3. The van der Waals surface area contributed by atoms with Crippen molar-refractivity contribution >= 4 is 40.6 Å². The molecule has 8 nitrogen and oxygen atoms in total. The van der Waals surface area contributed by atoms with Crippen molar-refractivity contribution in [1.29, 1.82) is 0 Å². The van der Waals surface area contributed by atoms with Gasteiger partial charge in [-0.05, 0) is 42.0 Å². The molecule has 1 atom stereocenters. The highest BCUT2D eigenvalue weighted by Crippen LogP contribution is 2.24. The number of hydrogen-bond donors (Lipinski definition) is 2. The molecule has 2 amide bonds. The lowest BCUT2D eigenvalue weighted by molar-refractivity contribution is -0.122. The lowest BCUT2D eigenvalue weighted by atomic mass is 10.2. The fourth-order valence-electron chi connectivity index (χ4n) is 2.51. The molecule has 2 N–H and O–H groups in total. The number of benzene rings is 2. The normalized spacial score (nSPS) is 17.4. The number of ether oxygens (including phenoxy) is 2. The Morgan fingerprint density at radius 3 is 2.66 bits per heavy atom. The van der Waals surface area contributed by atoms with Gasteiger partial charge in [-0.3, -0.25) is 9.59 Å². The number of hydrogen-bond acceptors (Lipinski definition) is 7. The number of nitrogens with zero attached hydrogens (tertiary/aromatic N) is 2. The van der Waals surface area contributed by atoms with E-state index in [1.54, 1.807) is 44.7 Å². The first-order valence-electron chi connectivity index (χ1n) is 8.74. The van der Waals surface area contributed by atoms with Gasteiger partial charge in [0.15, 0.2) is 5.17 Å². The zero-order valence-electron chi connectivity index (χ0n) is 15.9. The summed E-state index contributed by atoms with van der Waals surface area (Å²) in [5.41, 5.74) is 1.45. The molecular weight excluding hydrogens is 392 g/mol. The summed E-state index contributed by atoms with van der Waals surface area (Å²) < 4.78 is 10.2. The van der Waals surface area contributed by atoms with E-state index in [-0.39, 0.29) is 18.2 Å². The van der Waals surface area contributed by atoms with Crippen LogP contribution in [0.2, 0.25) is 0 Å². The zero-order chi connectivity index (χ0) is 20.6. The molecule has 1 aliphatic heterocycles. The van der Waals surface area contributed by atoms with Crippen molar-refractivity contribution in [2.75, 3.05) is 19.5 Å². The Balaban J connectivity index is 1.54. The van der Waals surface area contributed by atoms with Crippen molar-refractivity contribution in [3.05, 3.63) is 54.1 Å². The van der Waals surface area contributed by atoms with Gasteiger partial charge in [0.05, 0.1) is 20.4 Å². The van der Waals surface area contributed by atoms with Crippen LogP contribution in [0.25, 0.3) is 0 Å². The first-order chi connectivity index (χ1) is 14.1. The van der Waals surface area contributed by atoms with Crippen LogP contribution in [0.5, 0.6) is 11.5 Å². The molecule has 1 heterocycles. The second-order valence-corrected chi connectivity index (χ2v) is 7.19. The molecule has 0 saturated carbocycles. The monoisotopic (exact) mass is 412 g/mol. The van der Waals surface area contributed by atoms with E-state index >= 15 is 0 Å². The molecule has 0 aromatic heterocycles. The fourth-order valence-corrected chi connectivity index (χ4v) is 3.43. The van der Waals surface area contributed by atoms with Crippen LogP contribution in [0.4, 0.5) is 5.69 Å². The molecule has 2 aromatic carbocycles. The molecule has 1 fully saturated rings. The first-order valence-corrected chi connectivity index (χ1v) is 9.62. The number of carbonyl (C=O) groups excluding carboxylic acids is 2. The van der Waals surface area contributed by atoms with Crippen molar-refractivity contribution in [2.24, 2.45) is 10.2 Å². The van der Waals surface area contributed by atoms with Gasteiger partial charge in [-0.1, -0.05) is 17.8 Å². The number of amidine groups is 1. The van der Waals surface area contributed by atoms with E-state index in [4.69, 9.17) is 9.47 Å². The molecule has 150 valence electrons. The van der Waals surface area contributed by atoms with E-state index in [0.717, 1.165) is 11.3 Å². The van der Waals surface area contributed by atoms with Crippen LogP contribution in [0.1, 0.15) is 12.0 Å². The molecule has 0 aliphatic carbocycles. The van der Waals surface area contributed by atoms with Crippen LogP contribution in [-0.4, -0.2) is 42.7 Å². The van der Waals surface area contributed by atoms with Crippen molar-refractivity contribution in [3.63, 3.8) is 0 Å². The van der Waals surface area contributed by atoms with E-state index in [9.17, 15) is 9.59 Å². The number of amides is 2. The largest absolute Gasteiger partial charge is 0.497 e. The predicted octanol–water partition coefficient (Wildman–Crippen LogP) is 2.65. The standard InChI is InChI=1S/C20H20N4O4S/c1-27-15-8-6-13(7-9-15)12-21-24-20-23-19(26)17(29-20)11-18(25)22-14-4-3-5-16(10-14)28-2/h3-10,12,17H,11H2,1-2H3,(H,22,25)(H,23,24,26)/b21-12-/t17-/m1/s1. The van der Waals surface area contributed by atoms with Gasteiger partial charge in [-0.15, -0.1) is 5.10 Å². The van der Waals surface area contributed by atoms with Crippen LogP contribution >= 0.6 is 11.8 Å². The van der Waals surface area contributed by atoms with Gasteiger partial charge < -0.3 is 20.1 Å². The van der Waals surface area contributed by atoms with Gasteiger partial charge in [-0.25, -0.2) is 0 Å². The smallest absolute Gasteiger partial charge is 0.240 e.